The first-order chi connectivity index (χ1) is 16.9. The summed E-state index contributed by atoms with van der Waals surface area (Å²) in [4.78, 5) is 23.6. The number of carbonyl (C=O) groups is 1. The number of carbonyl (C=O) groups excluding carboxylic acids is 1. The maximum Gasteiger partial charge on any atom is 0.417 e. The van der Waals surface area contributed by atoms with Crippen LogP contribution in [0.4, 0.5) is 26.3 Å². The monoisotopic (exact) mass is 527 g/mol. The third-order valence-electron chi connectivity index (χ3n) is 6.28. The molecule has 1 fully saturated rings. The molecule has 0 saturated carbocycles. The Morgan fingerprint density at radius 2 is 1.81 bits per heavy atom. The number of amides is 1. The van der Waals surface area contributed by atoms with Gasteiger partial charge in [-0.05, 0) is 50.3 Å². The quantitative estimate of drug-likeness (QED) is 0.338. The Hall–Kier alpha value is -2.95. The minimum absolute atomic E-state index is 0.000793. The first-order valence-electron chi connectivity index (χ1n) is 11.4. The van der Waals surface area contributed by atoms with Gasteiger partial charge in [0.2, 0.25) is 0 Å². The highest BCUT2D eigenvalue weighted by molar-refractivity contribution is 7.15. The third-order valence-corrected chi connectivity index (χ3v) is 7.30. The van der Waals surface area contributed by atoms with Crippen molar-refractivity contribution in [3.63, 3.8) is 0 Å². The molecular formula is C25H23F6N3OS. The number of alkyl halides is 6. The fourth-order valence-electron chi connectivity index (χ4n) is 4.58. The summed E-state index contributed by atoms with van der Waals surface area (Å²) < 4.78 is 80.5. The molecule has 3 aromatic rings. The molecule has 192 valence electrons. The van der Waals surface area contributed by atoms with Gasteiger partial charge in [0.25, 0.3) is 5.91 Å². The minimum Gasteiger partial charge on any atom is -0.334 e. The number of hydrogen-bond acceptors (Lipinski definition) is 4. The van der Waals surface area contributed by atoms with Gasteiger partial charge in [0.1, 0.15) is 5.69 Å². The molecule has 1 aliphatic heterocycles. The number of likely N-dealkylation sites (tertiary alicyclic amines) is 1. The van der Waals surface area contributed by atoms with Gasteiger partial charge in [-0.15, -0.1) is 11.3 Å². The van der Waals surface area contributed by atoms with Crippen LogP contribution in [0.3, 0.4) is 0 Å². The van der Waals surface area contributed by atoms with Gasteiger partial charge in [-0.25, -0.2) is 4.98 Å². The zero-order valence-corrected chi connectivity index (χ0v) is 20.1. The van der Waals surface area contributed by atoms with Crippen LogP contribution in [-0.2, 0) is 12.6 Å². The summed E-state index contributed by atoms with van der Waals surface area (Å²) in [6.45, 7) is 1.87. The lowest BCUT2D eigenvalue weighted by atomic mass is 9.85. The maximum absolute atomic E-state index is 14.0. The van der Waals surface area contributed by atoms with Gasteiger partial charge in [-0.2, -0.15) is 26.3 Å². The molecule has 1 unspecified atom stereocenters. The number of aromatic nitrogens is 2. The van der Waals surface area contributed by atoms with E-state index < -0.39 is 35.8 Å². The minimum atomic E-state index is -4.55. The highest BCUT2D eigenvalue weighted by Gasteiger charge is 2.49. The van der Waals surface area contributed by atoms with Gasteiger partial charge in [0.05, 0.1) is 21.4 Å². The van der Waals surface area contributed by atoms with E-state index in [1.54, 1.807) is 19.1 Å². The van der Waals surface area contributed by atoms with Crippen LogP contribution in [0.5, 0.6) is 0 Å². The van der Waals surface area contributed by atoms with E-state index >= 15 is 0 Å². The van der Waals surface area contributed by atoms with Gasteiger partial charge < -0.3 is 4.90 Å². The zero-order chi connectivity index (χ0) is 26.1. The van der Waals surface area contributed by atoms with Crippen molar-refractivity contribution in [2.24, 2.45) is 5.92 Å². The summed E-state index contributed by atoms with van der Waals surface area (Å²) in [5.41, 5.74) is 0.170. The van der Waals surface area contributed by atoms with Crippen molar-refractivity contribution in [2.45, 2.75) is 51.0 Å². The van der Waals surface area contributed by atoms with Crippen molar-refractivity contribution < 1.29 is 31.1 Å². The van der Waals surface area contributed by atoms with Crippen molar-refractivity contribution in [3.05, 3.63) is 70.6 Å². The van der Waals surface area contributed by atoms with Gasteiger partial charge in [0.15, 0.2) is 0 Å². The number of thiazole rings is 1. The van der Waals surface area contributed by atoms with E-state index in [4.69, 9.17) is 0 Å². The van der Waals surface area contributed by atoms with Crippen LogP contribution in [0.2, 0.25) is 0 Å². The molecule has 4 rings (SSSR count). The average Bonchev–Trinajstić information content (AvgIpc) is 3.23. The standard InChI is InChI=1S/C25H23F6N3OS/c1-15-33-21(22(36-15)16-6-3-2-4-7-16)23(35)34-13-5-8-19(25(29,30)31)20(34)12-11-18-10-9-17(14-32-18)24(26,27)28/h2-4,6-7,9-10,14,19-20H,5,8,11-13H2,1H3/t19-,20?/m1/s1. The molecule has 0 radical (unpaired) electrons. The number of nitrogens with zero attached hydrogens (tertiary/aromatic N) is 3. The van der Waals surface area contributed by atoms with Gasteiger partial charge in [-0.1, -0.05) is 30.3 Å². The summed E-state index contributed by atoms with van der Waals surface area (Å²) in [6.07, 6.45) is -8.43. The van der Waals surface area contributed by atoms with E-state index in [1.165, 1.54) is 16.2 Å². The van der Waals surface area contributed by atoms with Crippen LogP contribution >= 0.6 is 11.3 Å². The van der Waals surface area contributed by atoms with E-state index in [1.807, 2.05) is 18.2 Å². The number of benzene rings is 1. The summed E-state index contributed by atoms with van der Waals surface area (Å²) in [5.74, 6) is -2.32. The second-order valence-corrected chi connectivity index (χ2v) is 9.91. The lowest BCUT2D eigenvalue weighted by Gasteiger charge is -2.42. The molecule has 36 heavy (non-hydrogen) atoms. The van der Waals surface area contributed by atoms with Crippen molar-refractivity contribution in [3.8, 4) is 10.4 Å². The van der Waals surface area contributed by atoms with E-state index in [0.717, 1.165) is 17.7 Å². The molecule has 0 aliphatic carbocycles. The van der Waals surface area contributed by atoms with Gasteiger partial charge in [-0.3, -0.25) is 9.78 Å². The molecule has 2 aromatic heterocycles. The molecular weight excluding hydrogens is 504 g/mol. The largest absolute Gasteiger partial charge is 0.417 e. The molecule has 1 saturated heterocycles. The number of hydrogen-bond donors (Lipinski definition) is 0. The Balaban J connectivity index is 1.62. The lowest BCUT2D eigenvalue weighted by molar-refractivity contribution is -0.198. The number of piperidine rings is 1. The molecule has 1 aromatic carbocycles. The van der Waals surface area contributed by atoms with Gasteiger partial charge >= 0.3 is 12.4 Å². The van der Waals surface area contributed by atoms with Crippen molar-refractivity contribution in [1.29, 1.82) is 0 Å². The van der Waals surface area contributed by atoms with Crippen LogP contribution in [-0.4, -0.2) is 39.5 Å². The van der Waals surface area contributed by atoms with Crippen LogP contribution < -0.4 is 0 Å². The summed E-state index contributed by atoms with van der Waals surface area (Å²) >= 11 is 1.30. The number of rotatable bonds is 5. The molecule has 11 heteroatoms. The van der Waals surface area contributed by atoms with Crippen LogP contribution in [0.25, 0.3) is 10.4 Å². The number of pyridine rings is 1. The highest BCUT2D eigenvalue weighted by atomic mass is 32.1. The van der Waals surface area contributed by atoms with E-state index in [-0.39, 0.29) is 43.6 Å². The number of halogens is 6. The zero-order valence-electron chi connectivity index (χ0n) is 19.2. The summed E-state index contributed by atoms with van der Waals surface area (Å²) in [5, 5.41) is 0.618. The van der Waals surface area contributed by atoms with Gasteiger partial charge in [0, 0.05) is 24.5 Å². The second kappa shape index (κ2) is 10.2. The predicted molar refractivity (Wildman–Crippen MR) is 123 cm³/mol. The van der Waals surface area contributed by atoms with E-state index in [2.05, 4.69) is 9.97 Å². The normalized spacial score (nSPS) is 18.9. The predicted octanol–water partition coefficient (Wildman–Crippen LogP) is 6.95. The fourth-order valence-corrected chi connectivity index (χ4v) is 5.49. The SMILES string of the molecule is Cc1nc(C(=O)N2CCC[C@@H](C(F)(F)F)C2CCc2ccc(C(F)(F)F)cn2)c(-c2ccccc2)s1. The molecule has 0 N–H and O–H groups in total. The first kappa shape index (κ1) is 26.1. The summed E-state index contributed by atoms with van der Waals surface area (Å²) in [7, 11) is 0. The highest BCUT2D eigenvalue weighted by Crippen LogP contribution is 2.41. The van der Waals surface area contributed by atoms with Crippen LogP contribution in [0, 0.1) is 12.8 Å². The summed E-state index contributed by atoms with van der Waals surface area (Å²) in [6, 6.07) is 9.90. The number of aryl methyl sites for hydroxylation is 2. The van der Waals surface area contributed by atoms with Crippen molar-refractivity contribution in [1.82, 2.24) is 14.9 Å². The molecule has 4 nitrogen and oxygen atoms in total. The molecule has 1 amide bonds. The molecule has 0 bridgehead atoms. The maximum atomic E-state index is 14.0. The average molecular weight is 528 g/mol. The Labute approximate surface area is 208 Å². The van der Waals surface area contributed by atoms with Crippen molar-refractivity contribution >= 4 is 17.2 Å². The molecule has 0 spiro atoms. The molecule has 2 atom stereocenters. The van der Waals surface area contributed by atoms with E-state index in [0.29, 0.717) is 16.1 Å². The fraction of sp³-hybridized carbons (Fsp3) is 0.400. The van der Waals surface area contributed by atoms with Crippen LogP contribution in [0.15, 0.2) is 48.7 Å². The lowest BCUT2D eigenvalue weighted by Crippen LogP contribution is -2.53. The molecule has 3 heterocycles. The van der Waals surface area contributed by atoms with Crippen molar-refractivity contribution in [2.75, 3.05) is 6.54 Å². The Morgan fingerprint density at radius 3 is 2.42 bits per heavy atom. The van der Waals surface area contributed by atoms with E-state index in [9.17, 15) is 31.1 Å². The molecule has 1 aliphatic rings. The Bertz CT molecular complexity index is 1190. The first-order valence-corrected chi connectivity index (χ1v) is 12.2. The smallest absolute Gasteiger partial charge is 0.334 e. The topological polar surface area (TPSA) is 46.1 Å². The Kier molecular flexibility index (Phi) is 7.40. The second-order valence-electron chi connectivity index (χ2n) is 8.71. The third kappa shape index (κ3) is 5.71. The van der Waals surface area contributed by atoms with Crippen LogP contribution in [0.1, 0.15) is 46.0 Å². The Morgan fingerprint density at radius 1 is 1.08 bits per heavy atom.